The second-order valence-electron chi connectivity index (χ2n) is 2.38. The second-order valence-corrected chi connectivity index (χ2v) is 7.12. The molecule has 0 aliphatic rings. The number of rotatable bonds is 0. The van der Waals surface area contributed by atoms with Gasteiger partial charge in [-0.2, -0.15) is 0 Å². The van der Waals surface area contributed by atoms with Crippen molar-refractivity contribution in [2.45, 2.75) is 19.6 Å². The van der Waals surface area contributed by atoms with Crippen LogP contribution < -0.4 is 17.0 Å². The maximum Gasteiger partial charge on any atom is 0.130 e. The molecule has 0 N–H and O–H groups in total. The summed E-state index contributed by atoms with van der Waals surface area (Å²) in [6, 6.07) is 0. The Kier molecular flexibility index (Phi) is 12.0. The molecule has 0 aromatic carbocycles. The molecular weight excluding hydrogens is 233 g/mol. The zero-order valence-electron chi connectivity index (χ0n) is 5.59. The average Bonchev–Trinajstić information content (AvgIpc) is 1.35. The van der Waals surface area contributed by atoms with Crippen molar-refractivity contribution in [2.24, 2.45) is 0 Å². The molecule has 0 atom stereocenters. The molecule has 0 bridgehead atoms. The van der Waals surface area contributed by atoms with E-state index in [9.17, 15) is 0 Å². The molecule has 0 heterocycles. The molecule has 0 amide bonds. The summed E-state index contributed by atoms with van der Waals surface area (Å²) in [5, 5.41) is 0. The van der Waals surface area contributed by atoms with Crippen molar-refractivity contribution in [1.82, 2.24) is 0 Å². The van der Waals surface area contributed by atoms with Gasteiger partial charge in [-0.3, -0.25) is 0 Å². The summed E-state index contributed by atoms with van der Waals surface area (Å²) < 4.78 is 0. The first-order chi connectivity index (χ1) is 2.56. The Labute approximate surface area is 76.0 Å². The van der Waals surface area contributed by atoms with Crippen LogP contribution in [0.1, 0.15) is 0 Å². The predicted molar refractivity (Wildman–Crippen MR) is 30.5 cm³/mol. The van der Waals surface area contributed by atoms with Crippen LogP contribution in [0, 0.1) is 12.0 Å². The molecule has 1 radical (unpaired) electrons. The first-order valence-corrected chi connectivity index (χ1v) is 5.50. The third-order valence-corrected chi connectivity index (χ3v) is 1.12. The van der Waals surface area contributed by atoms with Crippen molar-refractivity contribution >= 4 is 8.07 Å². The van der Waals surface area contributed by atoms with Gasteiger partial charge in [-0.05, 0) is 6.42 Å². The first kappa shape index (κ1) is 15.9. The number of hydrogen-bond acceptors (Lipinski definition) is 0. The van der Waals surface area contributed by atoms with Gasteiger partial charge in [0.15, 0.2) is 0 Å². The van der Waals surface area contributed by atoms with E-state index in [2.05, 4.69) is 25.2 Å². The zero-order chi connectivity index (χ0) is 5.21. The van der Waals surface area contributed by atoms with Gasteiger partial charge in [-0.15, -0.1) is 5.54 Å². The first-order valence-electron chi connectivity index (χ1n) is 2.00. The maximum atomic E-state index is 6.67. The zero-order valence-corrected chi connectivity index (χ0v) is 11.1. The van der Waals surface area contributed by atoms with Crippen LogP contribution in [0.25, 0.3) is 0 Å². The van der Waals surface area contributed by atoms with Gasteiger partial charge in [0.2, 0.25) is 0 Å². The second kappa shape index (κ2) is 6.01. The van der Waals surface area contributed by atoms with E-state index in [0.29, 0.717) is 0 Å². The summed E-state index contributed by atoms with van der Waals surface area (Å²) in [7, 11) is -1.21. The fraction of sp³-hybridized carbons (Fsp3) is 0.600. The fourth-order valence-electron chi connectivity index (χ4n) is 0. The van der Waals surface area contributed by atoms with Gasteiger partial charge in [-0.1, -0.05) is 19.6 Å². The molecule has 0 saturated heterocycles. The molecule has 0 unspecified atom stereocenters. The summed E-state index contributed by atoms with van der Waals surface area (Å²) in [5.74, 6) is 0. The minimum absolute atomic E-state index is 0. The molecule has 0 aromatic heterocycles. The summed E-state index contributed by atoms with van der Waals surface area (Å²) in [4.78, 5) is 0. The van der Waals surface area contributed by atoms with E-state index < -0.39 is 8.07 Å². The van der Waals surface area contributed by atoms with Gasteiger partial charge in [0.1, 0.15) is 8.07 Å². The Balaban J connectivity index is -0.000000125. The molecule has 0 rings (SSSR count). The van der Waals surface area contributed by atoms with Crippen LogP contribution in [0.2, 0.25) is 19.6 Å². The van der Waals surface area contributed by atoms with Crippen molar-refractivity contribution in [1.29, 1.82) is 0 Å². The van der Waals surface area contributed by atoms with Crippen molar-refractivity contribution in [3.63, 3.8) is 0 Å². The van der Waals surface area contributed by atoms with E-state index >= 15 is 0 Å². The Bertz CT molecular complexity index is 79.4. The van der Waals surface area contributed by atoms with Gasteiger partial charge in [0, 0.05) is 19.5 Å². The summed E-state index contributed by atoms with van der Waals surface area (Å²) in [6.07, 6.45) is 6.67. The Hall–Kier alpha value is 0.880. The van der Waals surface area contributed by atoms with Crippen LogP contribution in [0.3, 0.4) is 0 Å². The van der Waals surface area contributed by atoms with Gasteiger partial charge in [0.25, 0.3) is 0 Å². The molecule has 0 aliphatic carbocycles. The van der Waals surface area contributed by atoms with E-state index in [-0.39, 0.29) is 36.5 Å². The minimum Gasteiger partial charge on any atom is -1.00 e. The third kappa shape index (κ3) is 15.8. The number of halogens is 1. The number of hydrogen-bond donors (Lipinski definition) is 0. The molecule has 0 aromatic rings. The van der Waals surface area contributed by atoms with Crippen LogP contribution in [0.4, 0.5) is 0 Å². The van der Waals surface area contributed by atoms with E-state index in [1.54, 1.807) is 0 Å². The summed E-state index contributed by atoms with van der Waals surface area (Å²) in [5.41, 5.74) is 2.49. The molecule has 0 aliphatic heterocycles. The average molecular weight is 243 g/mol. The monoisotopic (exact) mass is 240 g/mol. The molecule has 0 nitrogen and oxygen atoms in total. The molecule has 8 heavy (non-hydrogen) atoms. The molecule has 43 valence electrons. The van der Waals surface area contributed by atoms with Gasteiger partial charge in [-0.25, -0.2) is 0 Å². The molecule has 0 saturated carbocycles. The normalized spacial score (nSPS) is 7.75. The predicted octanol–water partition coefficient (Wildman–Crippen LogP) is -1.54. The van der Waals surface area contributed by atoms with Crippen molar-refractivity contribution in [3.05, 3.63) is 6.42 Å². The van der Waals surface area contributed by atoms with E-state index in [1.165, 1.54) is 0 Å². The fourth-order valence-corrected chi connectivity index (χ4v) is 0. The Morgan fingerprint density at radius 2 is 1.38 bits per heavy atom. The Morgan fingerprint density at radius 3 is 1.38 bits per heavy atom. The van der Waals surface area contributed by atoms with Crippen molar-refractivity contribution in [2.75, 3.05) is 0 Å². The van der Waals surface area contributed by atoms with Crippen LogP contribution in [0.5, 0.6) is 0 Å². The molecule has 3 heteroatoms. The van der Waals surface area contributed by atoms with Crippen LogP contribution in [0.15, 0.2) is 0 Å². The van der Waals surface area contributed by atoms with Gasteiger partial charge >= 0.3 is 0 Å². The SMILES string of the molecule is [Br-].[C]#C[Si](C)(C)C.[Zn]. The van der Waals surface area contributed by atoms with Crippen LogP contribution >= 0.6 is 0 Å². The van der Waals surface area contributed by atoms with E-state index in [4.69, 9.17) is 6.42 Å². The molecule has 0 fully saturated rings. The van der Waals surface area contributed by atoms with Crippen molar-refractivity contribution in [3.8, 4) is 5.54 Å². The quantitative estimate of drug-likeness (QED) is 0.357. The van der Waals surface area contributed by atoms with Crippen LogP contribution in [-0.4, -0.2) is 8.07 Å². The van der Waals surface area contributed by atoms with Crippen LogP contribution in [-0.2, 0) is 19.5 Å². The minimum atomic E-state index is -1.21. The molecule has 0 spiro atoms. The standard InChI is InChI=1S/C5H9Si.BrH.Zn/c1-5-6(2,3)4;;/h2-4H3;1H;/p-1. The summed E-state index contributed by atoms with van der Waals surface area (Å²) >= 11 is 0. The van der Waals surface area contributed by atoms with Gasteiger partial charge in [0.05, 0.1) is 0 Å². The van der Waals surface area contributed by atoms with Crippen molar-refractivity contribution < 1.29 is 36.5 Å². The maximum absolute atomic E-state index is 6.67. The van der Waals surface area contributed by atoms with E-state index in [1.807, 2.05) is 0 Å². The Morgan fingerprint density at radius 1 is 1.25 bits per heavy atom. The summed E-state index contributed by atoms with van der Waals surface area (Å²) in [6.45, 7) is 6.25. The smallest absolute Gasteiger partial charge is 0.130 e. The van der Waals surface area contributed by atoms with E-state index in [0.717, 1.165) is 0 Å². The topological polar surface area (TPSA) is 0 Å². The third-order valence-electron chi connectivity index (χ3n) is 0.375. The van der Waals surface area contributed by atoms with Gasteiger partial charge < -0.3 is 17.0 Å². The molecular formula is C5H9BrSiZn-. The largest absolute Gasteiger partial charge is 1.00 e.